The summed E-state index contributed by atoms with van der Waals surface area (Å²) >= 11 is 6.11. The maximum atomic E-state index is 6.11. The molecular weight excluding hydrogens is 297 g/mol. The van der Waals surface area contributed by atoms with Crippen LogP contribution in [0, 0.1) is 0 Å². The number of halogens is 2. The van der Waals surface area contributed by atoms with Crippen molar-refractivity contribution in [2.45, 2.75) is 26.4 Å². The third-order valence-electron chi connectivity index (χ3n) is 2.78. The Balaban J connectivity index is 0.00000200. The van der Waals surface area contributed by atoms with Gasteiger partial charge in [-0.1, -0.05) is 25.4 Å². The molecule has 0 amide bonds. The third-order valence-corrected chi connectivity index (χ3v) is 3.08. The molecule has 0 radical (unpaired) electrons. The van der Waals surface area contributed by atoms with Crippen LogP contribution < -0.4 is 10.1 Å². The average Bonchev–Trinajstić information content (AvgIpc) is 2.85. The summed E-state index contributed by atoms with van der Waals surface area (Å²) in [7, 11) is 1.60. The first kappa shape index (κ1) is 16.9. The van der Waals surface area contributed by atoms with Gasteiger partial charge in [-0.3, -0.25) is 0 Å². The van der Waals surface area contributed by atoms with Gasteiger partial charge < -0.3 is 14.5 Å². The van der Waals surface area contributed by atoms with Crippen molar-refractivity contribution < 1.29 is 9.15 Å². The van der Waals surface area contributed by atoms with E-state index in [0.29, 0.717) is 16.8 Å². The fourth-order valence-corrected chi connectivity index (χ4v) is 2.01. The van der Waals surface area contributed by atoms with Crippen LogP contribution in [0.4, 0.5) is 0 Å². The predicted molar refractivity (Wildman–Crippen MR) is 84.9 cm³/mol. The molecule has 0 unspecified atom stereocenters. The van der Waals surface area contributed by atoms with Crippen molar-refractivity contribution in [1.29, 1.82) is 0 Å². The highest BCUT2D eigenvalue weighted by Gasteiger charge is 2.08. The minimum atomic E-state index is 0. The predicted octanol–water partition coefficient (Wildman–Crippen LogP) is 4.53. The standard InChI is InChI=1S/C15H18ClNO2.ClH/c1-10(2)17-9-12-5-7-14(19-12)11-4-6-15(18-3)13(16)8-11;/h4-8,10,17H,9H2,1-3H3;1H. The van der Waals surface area contributed by atoms with Crippen LogP contribution in [0.15, 0.2) is 34.7 Å². The zero-order chi connectivity index (χ0) is 13.8. The molecule has 0 saturated carbocycles. The van der Waals surface area contributed by atoms with E-state index in [1.54, 1.807) is 7.11 Å². The monoisotopic (exact) mass is 315 g/mol. The maximum absolute atomic E-state index is 6.11. The molecule has 2 rings (SSSR count). The van der Waals surface area contributed by atoms with Crippen molar-refractivity contribution >= 4 is 24.0 Å². The Morgan fingerprint density at radius 2 is 2.00 bits per heavy atom. The van der Waals surface area contributed by atoms with Crippen molar-refractivity contribution in [3.05, 3.63) is 41.1 Å². The van der Waals surface area contributed by atoms with Gasteiger partial charge in [0.25, 0.3) is 0 Å². The van der Waals surface area contributed by atoms with Gasteiger partial charge in [-0.25, -0.2) is 0 Å². The molecule has 0 saturated heterocycles. The summed E-state index contributed by atoms with van der Waals surface area (Å²) in [5.74, 6) is 2.39. The molecule has 1 aromatic heterocycles. The zero-order valence-electron chi connectivity index (χ0n) is 11.8. The van der Waals surface area contributed by atoms with Crippen LogP contribution in [-0.4, -0.2) is 13.2 Å². The van der Waals surface area contributed by atoms with Crippen LogP contribution >= 0.6 is 24.0 Å². The van der Waals surface area contributed by atoms with Crippen molar-refractivity contribution in [2.24, 2.45) is 0 Å². The van der Waals surface area contributed by atoms with Gasteiger partial charge >= 0.3 is 0 Å². The van der Waals surface area contributed by atoms with Gasteiger partial charge in [0.15, 0.2) is 0 Å². The molecule has 0 atom stereocenters. The summed E-state index contributed by atoms with van der Waals surface area (Å²) in [6.45, 7) is 4.93. The van der Waals surface area contributed by atoms with Crippen LogP contribution in [0.1, 0.15) is 19.6 Å². The highest BCUT2D eigenvalue weighted by atomic mass is 35.5. The van der Waals surface area contributed by atoms with Gasteiger partial charge in [-0.15, -0.1) is 12.4 Å². The number of ether oxygens (including phenoxy) is 1. The Hall–Kier alpha value is -1.16. The Bertz CT molecular complexity index is 553. The van der Waals surface area contributed by atoms with Gasteiger partial charge in [0.2, 0.25) is 0 Å². The Labute approximate surface area is 130 Å². The van der Waals surface area contributed by atoms with Gasteiger partial charge in [0.1, 0.15) is 17.3 Å². The molecule has 0 fully saturated rings. The van der Waals surface area contributed by atoms with Crippen LogP contribution in [-0.2, 0) is 6.54 Å². The topological polar surface area (TPSA) is 34.4 Å². The van der Waals surface area contributed by atoms with Crippen LogP contribution in [0.5, 0.6) is 5.75 Å². The normalized spacial score (nSPS) is 10.4. The molecule has 20 heavy (non-hydrogen) atoms. The average molecular weight is 316 g/mol. The SMILES string of the molecule is COc1ccc(-c2ccc(CNC(C)C)o2)cc1Cl.Cl. The van der Waals surface area contributed by atoms with E-state index in [1.165, 1.54) is 0 Å². The molecular formula is C15H19Cl2NO2. The number of hydrogen-bond acceptors (Lipinski definition) is 3. The molecule has 0 bridgehead atoms. The zero-order valence-corrected chi connectivity index (χ0v) is 13.3. The van der Waals surface area contributed by atoms with E-state index in [2.05, 4.69) is 19.2 Å². The first-order valence-electron chi connectivity index (χ1n) is 6.26. The Morgan fingerprint density at radius 3 is 2.60 bits per heavy atom. The van der Waals surface area contributed by atoms with Crippen LogP contribution in [0.2, 0.25) is 5.02 Å². The minimum absolute atomic E-state index is 0. The molecule has 1 N–H and O–H groups in total. The van der Waals surface area contributed by atoms with Crippen molar-refractivity contribution in [3.8, 4) is 17.1 Å². The second-order valence-electron chi connectivity index (χ2n) is 4.65. The smallest absolute Gasteiger partial charge is 0.137 e. The van der Waals surface area contributed by atoms with Crippen LogP contribution in [0.25, 0.3) is 11.3 Å². The minimum Gasteiger partial charge on any atom is -0.495 e. The Morgan fingerprint density at radius 1 is 1.25 bits per heavy atom. The molecule has 3 nitrogen and oxygen atoms in total. The van der Waals surface area contributed by atoms with E-state index in [4.69, 9.17) is 20.8 Å². The summed E-state index contributed by atoms with van der Waals surface area (Å²) in [4.78, 5) is 0. The number of nitrogens with one attached hydrogen (secondary N) is 1. The number of benzene rings is 1. The van der Waals surface area contributed by atoms with Crippen molar-refractivity contribution in [3.63, 3.8) is 0 Å². The van der Waals surface area contributed by atoms with Gasteiger partial charge in [-0.05, 0) is 30.3 Å². The van der Waals surface area contributed by atoms with Gasteiger partial charge in [-0.2, -0.15) is 0 Å². The highest BCUT2D eigenvalue weighted by Crippen LogP contribution is 2.31. The van der Waals surface area contributed by atoms with E-state index < -0.39 is 0 Å². The van der Waals surface area contributed by atoms with E-state index in [1.807, 2.05) is 30.3 Å². The lowest BCUT2D eigenvalue weighted by Crippen LogP contribution is -2.21. The summed E-state index contributed by atoms with van der Waals surface area (Å²) in [5, 5.41) is 3.90. The molecule has 2 aromatic rings. The first-order chi connectivity index (χ1) is 9.10. The second kappa shape index (κ2) is 7.58. The summed E-state index contributed by atoms with van der Waals surface area (Å²) in [6.07, 6.45) is 0. The third kappa shape index (κ3) is 4.17. The molecule has 0 aliphatic heterocycles. The molecule has 5 heteroatoms. The summed E-state index contributed by atoms with van der Waals surface area (Å²) in [5.41, 5.74) is 0.946. The van der Waals surface area contributed by atoms with Crippen molar-refractivity contribution in [1.82, 2.24) is 5.32 Å². The lowest BCUT2D eigenvalue weighted by atomic mass is 10.2. The number of furan rings is 1. The van der Waals surface area contributed by atoms with Crippen molar-refractivity contribution in [2.75, 3.05) is 7.11 Å². The highest BCUT2D eigenvalue weighted by molar-refractivity contribution is 6.32. The van der Waals surface area contributed by atoms with Gasteiger partial charge in [0, 0.05) is 11.6 Å². The second-order valence-corrected chi connectivity index (χ2v) is 5.06. The quantitative estimate of drug-likeness (QED) is 0.880. The molecule has 1 aromatic carbocycles. The van der Waals surface area contributed by atoms with Gasteiger partial charge in [0.05, 0.1) is 18.7 Å². The Kier molecular flexibility index (Phi) is 6.40. The number of methoxy groups -OCH3 is 1. The summed E-state index contributed by atoms with van der Waals surface area (Å²) < 4.78 is 10.9. The molecule has 110 valence electrons. The molecule has 0 aliphatic carbocycles. The van der Waals surface area contributed by atoms with Crippen LogP contribution in [0.3, 0.4) is 0 Å². The molecule has 1 heterocycles. The fraction of sp³-hybridized carbons (Fsp3) is 0.333. The summed E-state index contributed by atoms with van der Waals surface area (Å²) in [6, 6.07) is 9.98. The fourth-order valence-electron chi connectivity index (χ4n) is 1.75. The van der Waals surface area contributed by atoms with E-state index >= 15 is 0 Å². The first-order valence-corrected chi connectivity index (χ1v) is 6.64. The molecule has 0 spiro atoms. The number of hydrogen-bond donors (Lipinski definition) is 1. The lowest BCUT2D eigenvalue weighted by molar-refractivity contribution is 0.415. The lowest BCUT2D eigenvalue weighted by Gasteiger charge is -2.06. The largest absolute Gasteiger partial charge is 0.495 e. The van der Waals surface area contributed by atoms with E-state index in [-0.39, 0.29) is 12.4 Å². The maximum Gasteiger partial charge on any atom is 0.137 e. The van der Waals surface area contributed by atoms with E-state index in [0.717, 1.165) is 23.6 Å². The number of rotatable bonds is 5. The van der Waals surface area contributed by atoms with E-state index in [9.17, 15) is 0 Å². The molecule has 0 aliphatic rings.